The van der Waals surface area contributed by atoms with Crippen molar-refractivity contribution in [2.24, 2.45) is 5.92 Å². The molecule has 15 heavy (non-hydrogen) atoms. The van der Waals surface area contributed by atoms with Crippen molar-refractivity contribution in [3.05, 3.63) is 35.9 Å². The Morgan fingerprint density at radius 3 is 2.73 bits per heavy atom. The lowest BCUT2D eigenvalue weighted by Gasteiger charge is -2.31. The summed E-state index contributed by atoms with van der Waals surface area (Å²) in [4.78, 5) is 14.0. The van der Waals surface area contributed by atoms with Crippen molar-refractivity contribution >= 4 is 5.91 Å². The van der Waals surface area contributed by atoms with E-state index in [9.17, 15) is 4.79 Å². The molecule has 1 heterocycles. The van der Waals surface area contributed by atoms with E-state index in [1.165, 1.54) is 6.42 Å². The number of hydrogen-bond acceptors (Lipinski definition) is 1. The fourth-order valence-electron chi connectivity index (χ4n) is 2.14. The molecule has 2 heteroatoms. The Bertz CT molecular complexity index is 334. The van der Waals surface area contributed by atoms with Gasteiger partial charge in [-0.1, -0.05) is 25.1 Å². The second-order valence-electron chi connectivity index (χ2n) is 4.36. The molecule has 0 bridgehead atoms. The van der Waals surface area contributed by atoms with E-state index in [4.69, 9.17) is 0 Å². The highest BCUT2D eigenvalue weighted by Crippen LogP contribution is 2.17. The molecule has 1 aromatic rings. The van der Waals surface area contributed by atoms with Crippen LogP contribution >= 0.6 is 0 Å². The van der Waals surface area contributed by atoms with Gasteiger partial charge in [-0.25, -0.2) is 0 Å². The van der Waals surface area contributed by atoms with E-state index in [0.29, 0.717) is 5.92 Å². The van der Waals surface area contributed by atoms with Gasteiger partial charge in [0.1, 0.15) is 0 Å². The number of hydrogen-bond donors (Lipinski definition) is 0. The van der Waals surface area contributed by atoms with Gasteiger partial charge in [0, 0.05) is 18.7 Å². The Hall–Kier alpha value is -1.31. The SMILES string of the molecule is CC1CCCN(C(=O)c2ccccc2)C1. The lowest BCUT2D eigenvalue weighted by molar-refractivity contribution is 0.0683. The number of piperidine rings is 1. The van der Waals surface area contributed by atoms with Crippen LogP contribution in [0.5, 0.6) is 0 Å². The second-order valence-corrected chi connectivity index (χ2v) is 4.36. The van der Waals surface area contributed by atoms with E-state index in [2.05, 4.69) is 6.92 Å². The molecule has 2 nitrogen and oxygen atoms in total. The molecular formula is C13H17NO. The average molecular weight is 203 g/mol. The molecule has 0 aromatic heterocycles. The Kier molecular flexibility index (Phi) is 3.05. The van der Waals surface area contributed by atoms with Crippen LogP contribution in [0.4, 0.5) is 0 Å². The Morgan fingerprint density at radius 2 is 2.07 bits per heavy atom. The van der Waals surface area contributed by atoms with Crippen molar-refractivity contribution in [1.82, 2.24) is 4.90 Å². The molecule has 1 aromatic carbocycles. The van der Waals surface area contributed by atoms with Gasteiger partial charge in [-0.2, -0.15) is 0 Å². The number of carbonyl (C=O) groups is 1. The number of likely N-dealkylation sites (tertiary alicyclic amines) is 1. The molecule has 1 aliphatic heterocycles. The van der Waals surface area contributed by atoms with Crippen LogP contribution in [0.25, 0.3) is 0 Å². The van der Waals surface area contributed by atoms with Crippen molar-refractivity contribution in [3.8, 4) is 0 Å². The third kappa shape index (κ3) is 2.38. The van der Waals surface area contributed by atoms with Crippen LogP contribution in [0.3, 0.4) is 0 Å². The third-order valence-electron chi connectivity index (χ3n) is 2.96. The largest absolute Gasteiger partial charge is 0.338 e. The van der Waals surface area contributed by atoms with Crippen LogP contribution < -0.4 is 0 Å². The number of amides is 1. The molecule has 0 aliphatic carbocycles. The fraction of sp³-hybridized carbons (Fsp3) is 0.462. The topological polar surface area (TPSA) is 20.3 Å². The molecule has 0 N–H and O–H groups in total. The second kappa shape index (κ2) is 4.47. The quantitative estimate of drug-likeness (QED) is 0.687. The van der Waals surface area contributed by atoms with Gasteiger partial charge >= 0.3 is 0 Å². The average Bonchev–Trinajstić information content (AvgIpc) is 2.29. The maximum Gasteiger partial charge on any atom is 0.253 e. The molecule has 1 unspecified atom stereocenters. The van der Waals surface area contributed by atoms with E-state index < -0.39 is 0 Å². The Balaban J connectivity index is 2.08. The Morgan fingerprint density at radius 1 is 1.33 bits per heavy atom. The van der Waals surface area contributed by atoms with Crippen molar-refractivity contribution < 1.29 is 4.79 Å². The molecule has 1 amide bonds. The summed E-state index contributed by atoms with van der Waals surface area (Å²) in [6.07, 6.45) is 2.39. The molecule has 1 saturated heterocycles. The van der Waals surface area contributed by atoms with E-state index in [0.717, 1.165) is 25.1 Å². The van der Waals surface area contributed by atoms with E-state index in [1.54, 1.807) is 0 Å². The van der Waals surface area contributed by atoms with Crippen molar-refractivity contribution in [3.63, 3.8) is 0 Å². The van der Waals surface area contributed by atoms with Crippen molar-refractivity contribution in [1.29, 1.82) is 0 Å². The van der Waals surface area contributed by atoms with Crippen LogP contribution in [0.15, 0.2) is 30.3 Å². The summed E-state index contributed by atoms with van der Waals surface area (Å²) < 4.78 is 0. The van der Waals surface area contributed by atoms with Crippen LogP contribution in [-0.4, -0.2) is 23.9 Å². The highest BCUT2D eigenvalue weighted by atomic mass is 16.2. The predicted octanol–water partition coefficient (Wildman–Crippen LogP) is 2.56. The molecule has 0 saturated carbocycles. The molecule has 2 rings (SSSR count). The predicted molar refractivity (Wildman–Crippen MR) is 60.7 cm³/mol. The monoisotopic (exact) mass is 203 g/mol. The first-order valence-electron chi connectivity index (χ1n) is 5.61. The van der Waals surface area contributed by atoms with Crippen LogP contribution in [0.2, 0.25) is 0 Å². The summed E-state index contributed by atoms with van der Waals surface area (Å²) >= 11 is 0. The minimum atomic E-state index is 0.183. The smallest absolute Gasteiger partial charge is 0.253 e. The lowest BCUT2D eigenvalue weighted by Crippen LogP contribution is -2.39. The summed E-state index contributed by atoms with van der Waals surface area (Å²) in [6.45, 7) is 4.04. The number of rotatable bonds is 1. The maximum atomic E-state index is 12.1. The number of nitrogens with zero attached hydrogens (tertiary/aromatic N) is 1. The third-order valence-corrected chi connectivity index (χ3v) is 2.96. The minimum absolute atomic E-state index is 0.183. The van der Waals surface area contributed by atoms with Gasteiger partial charge in [-0.15, -0.1) is 0 Å². The zero-order chi connectivity index (χ0) is 10.7. The first-order valence-corrected chi connectivity index (χ1v) is 5.61. The summed E-state index contributed by atoms with van der Waals surface area (Å²) in [5.41, 5.74) is 0.812. The van der Waals surface area contributed by atoms with E-state index in [1.807, 2.05) is 35.2 Å². The first kappa shape index (κ1) is 10.2. The lowest BCUT2D eigenvalue weighted by atomic mass is 9.99. The van der Waals surface area contributed by atoms with Gasteiger partial charge in [-0.3, -0.25) is 4.79 Å². The van der Waals surface area contributed by atoms with Gasteiger partial charge in [-0.05, 0) is 30.9 Å². The number of benzene rings is 1. The number of carbonyl (C=O) groups excluding carboxylic acids is 1. The van der Waals surface area contributed by atoms with Crippen molar-refractivity contribution in [2.75, 3.05) is 13.1 Å². The van der Waals surface area contributed by atoms with Crippen LogP contribution in [0, 0.1) is 5.92 Å². The maximum absolute atomic E-state index is 12.1. The molecule has 1 fully saturated rings. The Labute approximate surface area is 90.9 Å². The molecule has 80 valence electrons. The molecule has 1 atom stereocenters. The standard InChI is InChI=1S/C13H17NO/c1-11-6-5-9-14(10-11)13(15)12-7-3-2-4-8-12/h2-4,7-8,11H,5-6,9-10H2,1H3. The normalized spacial score (nSPS) is 21.4. The van der Waals surface area contributed by atoms with Crippen LogP contribution in [0.1, 0.15) is 30.1 Å². The highest BCUT2D eigenvalue weighted by Gasteiger charge is 2.21. The summed E-state index contributed by atoms with van der Waals surface area (Å²) in [5.74, 6) is 0.827. The molecule has 1 aliphatic rings. The summed E-state index contributed by atoms with van der Waals surface area (Å²) in [5, 5.41) is 0. The fourth-order valence-corrected chi connectivity index (χ4v) is 2.14. The summed E-state index contributed by atoms with van der Waals surface area (Å²) in [6, 6.07) is 9.56. The zero-order valence-corrected chi connectivity index (χ0v) is 9.15. The first-order chi connectivity index (χ1) is 7.27. The highest BCUT2D eigenvalue weighted by molar-refractivity contribution is 5.94. The molecule has 0 radical (unpaired) electrons. The van der Waals surface area contributed by atoms with Crippen molar-refractivity contribution in [2.45, 2.75) is 19.8 Å². The zero-order valence-electron chi connectivity index (χ0n) is 9.15. The van der Waals surface area contributed by atoms with Gasteiger partial charge in [0.25, 0.3) is 5.91 Å². The molecular weight excluding hydrogens is 186 g/mol. The van der Waals surface area contributed by atoms with Gasteiger partial charge in [0.15, 0.2) is 0 Å². The minimum Gasteiger partial charge on any atom is -0.338 e. The van der Waals surface area contributed by atoms with Gasteiger partial charge in [0.05, 0.1) is 0 Å². The van der Waals surface area contributed by atoms with E-state index >= 15 is 0 Å². The van der Waals surface area contributed by atoms with E-state index in [-0.39, 0.29) is 5.91 Å². The van der Waals surface area contributed by atoms with Gasteiger partial charge in [0.2, 0.25) is 0 Å². The van der Waals surface area contributed by atoms with Gasteiger partial charge < -0.3 is 4.90 Å². The van der Waals surface area contributed by atoms with Crippen LogP contribution in [-0.2, 0) is 0 Å². The summed E-state index contributed by atoms with van der Waals surface area (Å²) in [7, 11) is 0. The molecule has 0 spiro atoms.